The van der Waals surface area contributed by atoms with Crippen molar-refractivity contribution in [3.8, 4) is 11.8 Å². The highest BCUT2D eigenvalue weighted by molar-refractivity contribution is 7.89. The summed E-state index contributed by atoms with van der Waals surface area (Å²) in [5.74, 6) is -0.527. The molecule has 0 radical (unpaired) electrons. The predicted molar refractivity (Wildman–Crippen MR) is 104 cm³/mol. The maximum absolute atomic E-state index is 12.9. The number of nitriles is 1. The average Bonchev–Trinajstić information content (AvgIpc) is 2.92. The summed E-state index contributed by atoms with van der Waals surface area (Å²) in [4.78, 5) is 12.8. The van der Waals surface area contributed by atoms with Crippen LogP contribution in [0.4, 0.5) is 5.69 Å². The first-order chi connectivity index (χ1) is 13.3. The van der Waals surface area contributed by atoms with Crippen LogP contribution in [0.15, 0.2) is 41.9 Å². The fourth-order valence-electron chi connectivity index (χ4n) is 3.00. The molecular weight excluding hydrogens is 380 g/mol. The van der Waals surface area contributed by atoms with Crippen LogP contribution in [0.25, 0.3) is 0 Å². The second-order valence-electron chi connectivity index (χ2n) is 6.53. The Hall–Kier alpha value is -3.09. The number of fused-ring (bicyclic) bond motifs is 1. The zero-order chi connectivity index (χ0) is 20.5. The van der Waals surface area contributed by atoms with Crippen molar-refractivity contribution in [1.82, 2.24) is 9.29 Å². The van der Waals surface area contributed by atoms with Gasteiger partial charge >= 0.3 is 0 Å². The van der Waals surface area contributed by atoms with Crippen LogP contribution in [-0.2, 0) is 17.1 Å². The third-order valence-corrected chi connectivity index (χ3v) is 5.94. The molecule has 9 heteroatoms. The molecule has 2 heterocycles. The zero-order valence-corrected chi connectivity index (χ0v) is 16.3. The first-order valence-electron chi connectivity index (χ1n) is 8.54. The number of aromatic nitrogens is 1. The van der Waals surface area contributed by atoms with E-state index in [1.807, 2.05) is 0 Å². The lowest BCUT2D eigenvalue weighted by Gasteiger charge is -2.13. The van der Waals surface area contributed by atoms with Crippen molar-refractivity contribution in [1.29, 1.82) is 5.26 Å². The summed E-state index contributed by atoms with van der Waals surface area (Å²) < 4.78 is 34.9. The van der Waals surface area contributed by atoms with Crippen LogP contribution in [0.2, 0.25) is 0 Å². The summed E-state index contributed by atoms with van der Waals surface area (Å²) in [6, 6.07) is 6.56. The highest BCUT2D eigenvalue weighted by Crippen LogP contribution is 2.33. The lowest BCUT2D eigenvalue weighted by molar-refractivity contribution is 0.101. The molecule has 0 unspecified atom stereocenters. The van der Waals surface area contributed by atoms with Gasteiger partial charge in [0.1, 0.15) is 11.5 Å². The molecule has 0 saturated carbocycles. The van der Waals surface area contributed by atoms with Gasteiger partial charge in [0.25, 0.3) is 5.91 Å². The molecule has 1 amide bonds. The van der Waals surface area contributed by atoms with Crippen LogP contribution in [0.5, 0.6) is 5.75 Å². The van der Waals surface area contributed by atoms with Gasteiger partial charge in [-0.1, -0.05) is 12.1 Å². The van der Waals surface area contributed by atoms with Crippen LogP contribution < -0.4 is 14.8 Å². The van der Waals surface area contributed by atoms with Crippen molar-refractivity contribution < 1.29 is 17.9 Å². The fourth-order valence-corrected chi connectivity index (χ4v) is 4.43. The fraction of sp³-hybridized carbons (Fsp3) is 0.263. The molecule has 0 saturated heterocycles. The molecular formula is C19H20N4O4S. The number of sulfonamides is 1. The molecule has 0 spiro atoms. The number of nitrogens with one attached hydrogen (secondary N) is 2. The number of benzene rings is 1. The lowest BCUT2D eigenvalue weighted by Crippen LogP contribution is -2.36. The molecule has 0 bridgehead atoms. The van der Waals surface area contributed by atoms with Crippen LogP contribution in [0.1, 0.15) is 28.0 Å². The minimum absolute atomic E-state index is 0.00619. The third-order valence-electron chi connectivity index (χ3n) is 4.42. The maximum Gasteiger partial charge on any atom is 0.276 e. The van der Waals surface area contributed by atoms with Gasteiger partial charge < -0.3 is 14.6 Å². The van der Waals surface area contributed by atoms with E-state index < -0.39 is 22.0 Å². The van der Waals surface area contributed by atoms with Crippen molar-refractivity contribution in [2.45, 2.75) is 24.3 Å². The first-order valence-corrected chi connectivity index (χ1v) is 10.0. The number of aryl methyl sites for hydroxylation is 2. The summed E-state index contributed by atoms with van der Waals surface area (Å²) in [6.45, 7) is 5.49. The summed E-state index contributed by atoms with van der Waals surface area (Å²) >= 11 is 0. The molecule has 1 aliphatic rings. The number of nitrogens with zero attached hydrogens (tertiary/aromatic N) is 2. The Labute approximate surface area is 163 Å². The SMILES string of the molecule is C=CC[C@H]1COc2c(cn(C)c2C(=O)Nc2ccc(C)c(C#N)c2)S(=O)(=O)N1. The number of hydrogen-bond donors (Lipinski definition) is 2. The maximum atomic E-state index is 12.9. The summed E-state index contributed by atoms with van der Waals surface area (Å²) in [5.41, 5.74) is 1.75. The van der Waals surface area contributed by atoms with Gasteiger partial charge in [-0.15, -0.1) is 6.58 Å². The highest BCUT2D eigenvalue weighted by atomic mass is 32.2. The van der Waals surface area contributed by atoms with E-state index >= 15 is 0 Å². The van der Waals surface area contributed by atoms with Gasteiger partial charge in [-0.05, 0) is 31.0 Å². The molecule has 1 aromatic carbocycles. The molecule has 1 aromatic heterocycles. The number of ether oxygens (including phenoxy) is 1. The number of amides is 1. The van der Waals surface area contributed by atoms with Gasteiger partial charge in [-0.25, -0.2) is 13.1 Å². The van der Waals surface area contributed by atoms with Crippen molar-refractivity contribution in [2.24, 2.45) is 7.05 Å². The second-order valence-corrected chi connectivity index (χ2v) is 8.21. The zero-order valence-electron chi connectivity index (χ0n) is 15.5. The second kappa shape index (κ2) is 7.50. The number of hydrogen-bond acceptors (Lipinski definition) is 5. The molecule has 3 rings (SSSR count). The van der Waals surface area contributed by atoms with E-state index in [4.69, 9.17) is 10.00 Å². The first kappa shape index (κ1) is 19.7. The Morgan fingerprint density at radius 2 is 2.29 bits per heavy atom. The normalized spacial score (nSPS) is 17.5. The summed E-state index contributed by atoms with van der Waals surface area (Å²) in [5, 5.41) is 11.9. The quantitative estimate of drug-likeness (QED) is 0.763. The van der Waals surface area contributed by atoms with Gasteiger partial charge in [0.05, 0.1) is 17.7 Å². The van der Waals surface area contributed by atoms with Crippen molar-refractivity contribution >= 4 is 21.6 Å². The Morgan fingerprint density at radius 3 is 2.96 bits per heavy atom. The monoisotopic (exact) mass is 400 g/mol. The molecule has 1 atom stereocenters. The van der Waals surface area contributed by atoms with Crippen LogP contribution in [0, 0.1) is 18.3 Å². The standard InChI is InChI=1S/C19H20N4O4S/c1-4-5-15-11-27-18-16(28(25,26)22-15)10-23(3)17(18)19(24)21-14-7-6-12(2)13(8-14)9-20/h4,6-8,10,15,22H,1,5,11H2,2-3H3,(H,21,24)/t15-/m0/s1. The molecule has 28 heavy (non-hydrogen) atoms. The number of carbonyl (C=O) groups is 1. The minimum Gasteiger partial charge on any atom is -0.488 e. The Bertz CT molecular complexity index is 1100. The van der Waals surface area contributed by atoms with E-state index in [0.717, 1.165) is 5.56 Å². The van der Waals surface area contributed by atoms with Gasteiger partial charge in [0, 0.05) is 18.9 Å². The van der Waals surface area contributed by atoms with Crippen molar-refractivity contribution in [3.05, 3.63) is 53.9 Å². The number of carbonyl (C=O) groups excluding carboxylic acids is 1. The molecule has 0 aliphatic carbocycles. The molecule has 2 aromatic rings. The largest absolute Gasteiger partial charge is 0.488 e. The molecule has 8 nitrogen and oxygen atoms in total. The van der Waals surface area contributed by atoms with E-state index in [1.165, 1.54) is 10.8 Å². The Balaban J connectivity index is 1.96. The summed E-state index contributed by atoms with van der Waals surface area (Å²) in [7, 11) is -2.27. The van der Waals surface area contributed by atoms with E-state index in [9.17, 15) is 13.2 Å². The third kappa shape index (κ3) is 3.65. The van der Waals surface area contributed by atoms with E-state index in [1.54, 1.807) is 38.2 Å². The molecule has 0 fully saturated rings. The molecule has 146 valence electrons. The highest BCUT2D eigenvalue weighted by Gasteiger charge is 2.34. The average molecular weight is 400 g/mol. The Morgan fingerprint density at radius 1 is 1.54 bits per heavy atom. The number of rotatable bonds is 4. The summed E-state index contributed by atoms with van der Waals surface area (Å²) in [6.07, 6.45) is 3.35. The van der Waals surface area contributed by atoms with Crippen LogP contribution >= 0.6 is 0 Å². The molecule has 2 N–H and O–H groups in total. The van der Waals surface area contributed by atoms with Gasteiger partial charge in [-0.3, -0.25) is 4.79 Å². The topological polar surface area (TPSA) is 113 Å². The smallest absolute Gasteiger partial charge is 0.276 e. The molecule has 1 aliphatic heterocycles. The van der Waals surface area contributed by atoms with Gasteiger partial charge in [0.2, 0.25) is 10.0 Å². The van der Waals surface area contributed by atoms with Gasteiger partial charge in [-0.2, -0.15) is 5.26 Å². The van der Waals surface area contributed by atoms with E-state index in [2.05, 4.69) is 22.7 Å². The van der Waals surface area contributed by atoms with E-state index in [0.29, 0.717) is 17.7 Å². The predicted octanol–water partition coefficient (Wildman–Crippen LogP) is 2.07. The van der Waals surface area contributed by atoms with Gasteiger partial charge in [0.15, 0.2) is 11.4 Å². The minimum atomic E-state index is -3.84. The van der Waals surface area contributed by atoms with Crippen molar-refractivity contribution in [3.63, 3.8) is 0 Å². The number of anilines is 1. The van der Waals surface area contributed by atoms with Crippen LogP contribution in [0.3, 0.4) is 0 Å². The Kier molecular flexibility index (Phi) is 5.27. The van der Waals surface area contributed by atoms with E-state index in [-0.39, 0.29) is 22.9 Å². The lowest BCUT2D eigenvalue weighted by atomic mass is 10.1. The van der Waals surface area contributed by atoms with Crippen molar-refractivity contribution in [2.75, 3.05) is 11.9 Å². The van der Waals surface area contributed by atoms with Crippen LogP contribution in [-0.4, -0.2) is 31.5 Å².